The van der Waals surface area contributed by atoms with Gasteiger partial charge in [-0.2, -0.15) is 5.10 Å². The number of carbonyl (C=O) groups is 1. The molecule has 0 radical (unpaired) electrons. The minimum absolute atomic E-state index is 0.0654. The van der Waals surface area contributed by atoms with Crippen molar-refractivity contribution in [3.63, 3.8) is 0 Å². The second-order valence-electron chi connectivity index (χ2n) is 5.99. The highest BCUT2D eigenvalue weighted by atomic mass is 32.2. The summed E-state index contributed by atoms with van der Waals surface area (Å²) in [6.45, 7) is 2.99. The van der Waals surface area contributed by atoms with Gasteiger partial charge in [0.25, 0.3) is 0 Å². The monoisotopic (exact) mass is 352 g/mol. The normalized spacial score (nSPS) is 22.7. The van der Waals surface area contributed by atoms with E-state index in [4.69, 9.17) is 9.47 Å². The van der Waals surface area contributed by atoms with Crippen LogP contribution in [-0.4, -0.2) is 44.8 Å². The number of hydrogen-bond acceptors (Lipinski definition) is 6. The fourth-order valence-corrected chi connectivity index (χ4v) is 4.43. The average molecular weight is 352 g/mol. The van der Waals surface area contributed by atoms with Crippen molar-refractivity contribution in [2.45, 2.75) is 19.8 Å². The molecule has 0 aliphatic carbocycles. The molecule has 8 heteroatoms. The first-order chi connectivity index (χ1) is 11.4. The Morgan fingerprint density at radius 2 is 2.00 bits per heavy atom. The Labute approximate surface area is 140 Å². The number of nitrogens with zero attached hydrogens (tertiary/aromatic N) is 1. The first-order valence-electron chi connectivity index (χ1n) is 7.89. The molecule has 1 amide bonds. The lowest BCUT2D eigenvalue weighted by atomic mass is 10.1. The highest BCUT2D eigenvalue weighted by Crippen LogP contribution is 2.30. The van der Waals surface area contributed by atoms with Crippen molar-refractivity contribution in [1.82, 2.24) is 5.43 Å². The molecule has 0 bridgehead atoms. The summed E-state index contributed by atoms with van der Waals surface area (Å²) in [4.78, 5) is 12.0. The highest BCUT2D eigenvalue weighted by molar-refractivity contribution is 7.91. The Kier molecular flexibility index (Phi) is 4.75. The molecule has 1 N–H and O–H groups in total. The molecule has 1 aromatic carbocycles. The van der Waals surface area contributed by atoms with Crippen molar-refractivity contribution >= 4 is 21.5 Å². The van der Waals surface area contributed by atoms with Crippen molar-refractivity contribution in [1.29, 1.82) is 0 Å². The number of rotatable bonds is 3. The summed E-state index contributed by atoms with van der Waals surface area (Å²) in [5, 5.41) is 4.08. The summed E-state index contributed by atoms with van der Waals surface area (Å²) in [5.41, 5.74) is 3.88. The van der Waals surface area contributed by atoms with Crippen molar-refractivity contribution < 1.29 is 22.7 Å². The fourth-order valence-electron chi connectivity index (χ4n) is 2.68. The van der Waals surface area contributed by atoms with Crippen LogP contribution in [0.5, 0.6) is 11.5 Å². The zero-order chi connectivity index (χ0) is 17.2. The molecule has 2 aliphatic heterocycles. The summed E-state index contributed by atoms with van der Waals surface area (Å²) in [6, 6.07) is 5.49. The van der Waals surface area contributed by atoms with Gasteiger partial charge in [-0.15, -0.1) is 0 Å². The van der Waals surface area contributed by atoms with Crippen molar-refractivity contribution in [2.75, 3.05) is 24.7 Å². The summed E-state index contributed by atoms with van der Waals surface area (Å²) >= 11 is 0. The van der Waals surface area contributed by atoms with Gasteiger partial charge in [-0.3, -0.25) is 4.79 Å². The first-order valence-corrected chi connectivity index (χ1v) is 9.71. The molecular weight excluding hydrogens is 332 g/mol. The molecule has 0 spiro atoms. The second-order valence-corrected chi connectivity index (χ2v) is 8.21. The summed E-state index contributed by atoms with van der Waals surface area (Å²) in [5.74, 6) is 0.449. The van der Waals surface area contributed by atoms with E-state index in [-0.39, 0.29) is 17.4 Å². The molecular formula is C16H20N2O5S. The second kappa shape index (κ2) is 6.80. The van der Waals surface area contributed by atoms with Crippen LogP contribution in [0.2, 0.25) is 0 Å². The lowest BCUT2D eigenvalue weighted by Gasteiger charge is -2.10. The molecule has 3 rings (SSSR count). The summed E-state index contributed by atoms with van der Waals surface area (Å²) in [7, 11) is -3.08. The molecule has 130 valence electrons. The van der Waals surface area contributed by atoms with Crippen molar-refractivity contribution in [3.8, 4) is 11.5 Å². The average Bonchev–Trinajstić information content (AvgIpc) is 2.78. The van der Waals surface area contributed by atoms with Crippen LogP contribution < -0.4 is 14.9 Å². The van der Waals surface area contributed by atoms with Gasteiger partial charge in [-0.05, 0) is 31.5 Å². The largest absolute Gasteiger partial charge is 0.490 e. The van der Waals surface area contributed by atoms with Gasteiger partial charge in [0.15, 0.2) is 21.3 Å². The fraction of sp³-hybridized carbons (Fsp3) is 0.500. The quantitative estimate of drug-likeness (QED) is 0.650. The maximum Gasteiger partial charge on any atom is 0.244 e. The number of sulfone groups is 1. The number of ether oxygens (including phenoxy) is 2. The van der Waals surface area contributed by atoms with E-state index in [1.807, 2.05) is 18.2 Å². The van der Waals surface area contributed by atoms with Crippen LogP contribution in [0.1, 0.15) is 25.3 Å². The summed E-state index contributed by atoms with van der Waals surface area (Å²) < 4.78 is 34.1. The van der Waals surface area contributed by atoms with Gasteiger partial charge in [0.2, 0.25) is 5.91 Å². The minimum atomic E-state index is -3.08. The van der Waals surface area contributed by atoms with Crippen LogP contribution in [0.4, 0.5) is 0 Å². The molecule has 1 saturated heterocycles. The lowest BCUT2D eigenvalue weighted by molar-refractivity contribution is -0.124. The van der Waals surface area contributed by atoms with E-state index >= 15 is 0 Å². The van der Waals surface area contributed by atoms with Gasteiger partial charge in [0.1, 0.15) is 0 Å². The third kappa shape index (κ3) is 3.87. The van der Waals surface area contributed by atoms with Gasteiger partial charge in [0.05, 0.1) is 36.3 Å². The first kappa shape index (κ1) is 16.8. The number of carbonyl (C=O) groups excluding carboxylic acids is 1. The van der Waals surface area contributed by atoms with Gasteiger partial charge in [0, 0.05) is 12.0 Å². The molecule has 7 nitrogen and oxygen atoms in total. The molecule has 1 atom stereocenters. The minimum Gasteiger partial charge on any atom is -0.490 e. The van der Waals surface area contributed by atoms with E-state index < -0.39 is 15.8 Å². The molecule has 24 heavy (non-hydrogen) atoms. The standard InChI is InChI=1S/C16H20N2O5S/c1-11(17-18-16(19)13-5-8-24(20,21)10-13)12-3-4-14-15(9-12)23-7-2-6-22-14/h3-4,9,13H,2,5-8,10H2,1H3,(H,18,19)/b17-11-/t13-/m0/s1. The SMILES string of the molecule is C/C(=N/NC(=O)[C@H]1CCS(=O)(=O)C1)c1ccc2c(c1)OCCCO2. The number of hydrazone groups is 1. The predicted octanol–water partition coefficient (Wildman–Crippen LogP) is 1.12. The number of benzene rings is 1. The van der Waals surface area contributed by atoms with Crippen LogP contribution in [0.3, 0.4) is 0 Å². The maximum absolute atomic E-state index is 12.0. The maximum atomic E-state index is 12.0. The van der Waals surface area contributed by atoms with E-state index in [1.165, 1.54) is 0 Å². The molecule has 1 aromatic rings. The Balaban J connectivity index is 1.67. The van der Waals surface area contributed by atoms with Gasteiger partial charge >= 0.3 is 0 Å². The number of fused-ring (bicyclic) bond motifs is 1. The molecule has 0 aromatic heterocycles. The highest BCUT2D eigenvalue weighted by Gasteiger charge is 2.32. The molecule has 0 saturated carbocycles. The third-order valence-electron chi connectivity index (χ3n) is 4.10. The van der Waals surface area contributed by atoms with Crippen molar-refractivity contribution in [3.05, 3.63) is 23.8 Å². The van der Waals surface area contributed by atoms with E-state index in [1.54, 1.807) is 6.92 Å². The van der Waals surface area contributed by atoms with Crippen LogP contribution in [-0.2, 0) is 14.6 Å². The molecule has 2 aliphatic rings. The molecule has 0 unspecified atom stereocenters. The topological polar surface area (TPSA) is 94.1 Å². The number of amides is 1. The Bertz CT molecular complexity index is 773. The van der Waals surface area contributed by atoms with Gasteiger partial charge in [-0.25, -0.2) is 13.8 Å². The van der Waals surface area contributed by atoms with Crippen LogP contribution >= 0.6 is 0 Å². The van der Waals surface area contributed by atoms with E-state index in [9.17, 15) is 13.2 Å². The van der Waals surface area contributed by atoms with Crippen LogP contribution in [0.15, 0.2) is 23.3 Å². The zero-order valence-corrected chi connectivity index (χ0v) is 14.3. The predicted molar refractivity (Wildman–Crippen MR) is 89.2 cm³/mol. The van der Waals surface area contributed by atoms with E-state index in [0.717, 1.165) is 12.0 Å². The summed E-state index contributed by atoms with van der Waals surface area (Å²) in [6.07, 6.45) is 1.18. The lowest BCUT2D eigenvalue weighted by Crippen LogP contribution is -2.28. The van der Waals surface area contributed by atoms with E-state index in [0.29, 0.717) is 36.8 Å². The Morgan fingerprint density at radius 1 is 1.25 bits per heavy atom. The molecule has 1 fully saturated rings. The Hall–Kier alpha value is -2.09. The van der Waals surface area contributed by atoms with Crippen LogP contribution in [0, 0.1) is 5.92 Å². The number of nitrogens with one attached hydrogen (secondary N) is 1. The zero-order valence-electron chi connectivity index (χ0n) is 13.4. The van der Waals surface area contributed by atoms with Crippen molar-refractivity contribution in [2.24, 2.45) is 11.0 Å². The smallest absolute Gasteiger partial charge is 0.244 e. The molecule has 2 heterocycles. The van der Waals surface area contributed by atoms with Gasteiger partial charge in [-0.1, -0.05) is 0 Å². The Morgan fingerprint density at radius 3 is 2.71 bits per heavy atom. The van der Waals surface area contributed by atoms with Gasteiger partial charge < -0.3 is 9.47 Å². The van der Waals surface area contributed by atoms with E-state index in [2.05, 4.69) is 10.5 Å². The van der Waals surface area contributed by atoms with Crippen LogP contribution in [0.25, 0.3) is 0 Å². The third-order valence-corrected chi connectivity index (χ3v) is 5.87. The number of hydrogen-bond donors (Lipinski definition) is 1.